The van der Waals surface area contributed by atoms with E-state index < -0.39 is 10.8 Å². The Morgan fingerprint density at radius 2 is 2.00 bits per heavy atom. The maximum Gasteiger partial charge on any atom is 0.232 e. The molecule has 0 aliphatic carbocycles. The van der Waals surface area contributed by atoms with Crippen molar-refractivity contribution in [1.82, 2.24) is 10.3 Å². The summed E-state index contributed by atoms with van der Waals surface area (Å²) in [5.41, 5.74) is 1.28. The quantitative estimate of drug-likeness (QED) is 0.523. The SMILES string of the molecule is CCOCCCNC(=O)C[S@@](=O)Cc1nc(-c2ccc(OC)c(OC)c2)oc1C. The van der Waals surface area contributed by atoms with E-state index in [1.807, 2.05) is 13.0 Å². The standard InChI is InChI=1S/C20H28N2O6S/c1-5-27-10-6-9-21-19(23)13-29(24)12-16-14(2)28-20(22-16)15-7-8-17(25-3)18(11-15)26-4/h7-8,11H,5-6,9-10,12-13H2,1-4H3,(H,21,23)/t29-/m0/s1. The van der Waals surface area contributed by atoms with E-state index in [9.17, 15) is 9.00 Å². The molecule has 160 valence electrons. The molecule has 0 saturated heterocycles. The molecule has 0 unspecified atom stereocenters. The number of nitrogens with one attached hydrogen (secondary N) is 1. The zero-order valence-corrected chi connectivity index (χ0v) is 18.1. The van der Waals surface area contributed by atoms with E-state index >= 15 is 0 Å². The van der Waals surface area contributed by atoms with Crippen LogP contribution in [0.2, 0.25) is 0 Å². The van der Waals surface area contributed by atoms with Crippen LogP contribution in [0.15, 0.2) is 22.6 Å². The van der Waals surface area contributed by atoms with Crippen molar-refractivity contribution in [3.8, 4) is 23.0 Å². The van der Waals surface area contributed by atoms with E-state index in [1.165, 1.54) is 0 Å². The number of benzene rings is 1. The van der Waals surface area contributed by atoms with Gasteiger partial charge in [-0.1, -0.05) is 0 Å². The summed E-state index contributed by atoms with van der Waals surface area (Å²) in [4.78, 5) is 16.4. The summed E-state index contributed by atoms with van der Waals surface area (Å²) in [6, 6.07) is 5.34. The largest absolute Gasteiger partial charge is 0.493 e. The number of nitrogens with zero attached hydrogens (tertiary/aromatic N) is 1. The van der Waals surface area contributed by atoms with Crippen LogP contribution in [-0.4, -0.2) is 54.8 Å². The van der Waals surface area contributed by atoms with Crippen LogP contribution in [0.5, 0.6) is 11.5 Å². The van der Waals surface area contributed by atoms with Gasteiger partial charge in [0.05, 0.1) is 25.7 Å². The highest BCUT2D eigenvalue weighted by Gasteiger charge is 2.17. The molecule has 8 nitrogen and oxygen atoms in total. The molecular formula is C20H28N2O6S. The monoisotopic (exact) mass is 424 g/mol. The molecule has 1 N–H and O–H groups in total. The highest BCUT2D eigenvalue weighted by molar-refractivity contribution is 7.84. The number of rotatable bonds is 12. The van der Waals surface area contributed by atoms with Gasteiger partial charge < -0.3 is 23.9 Å². The van der Waals surface area contributed by atoms with Gasteiger partial charge in [-0.25, -0.2) is 4.98 Å². The Morgan fingerprint density at radius 3 is 2.69 bits per heavy atom. The Kier molecular flexibility index (Phi) is 9.14. The van der Waals surface area contributed by atoms with E-state index in [1.54, 1.807) is 33.3 Å². The number of aryl methyl sites for hydroxylation is 1. The van der Waals surface area contributed by atoms with E-state index in [4.69, 9.17) is 18.6 Å². The van der Waals surface area contributed by atoms with E-state index in [0.29, 0.717) is 48.6 Å². The third-order valence-corrected chi connectivity index (χ3v) is 5.28. The number of ether oxygens (including phenoxy) is 3. The third kappa shape index (κ3) is 6.86. The minimum atomic E-state index is -1.38. The molecule has 1 aromatic heterocycles. The maximum atomic E-state index is 12.3. The van der Waals surface area contributed by atoms with Crippen molar-refractivity contribution in [2.45, 2.75) is 26.0 Å². The lowest BCUT2D eigenvalue weighted by atomic mass is 10.2. The van der Waals surface area contributed by atoms with Gasteiger partial charge >= 0.3 is 0 Å². The van der Waals surface area contributed by atoms with Gasteiger partial charge in [-0.3, -0.25) is 9.00 Å². The first-order valence-corrected chi connectivity index (χ1v) is 10.8. The number of amides is 1. The molecule has 0 bridgehead atoms. The third-order valence-electron chi connectivity index (χ3n) is 4.10. The highest BCUT2D eigenvalue weighted by Crippen LogP contribution is 2.32. The van der Waals surface area contributed by atoms with Gasteiger partial charge in [0, 0.05) is 36.1 Å². The molecule has 0 radical (unpaired) electrons. The molecule has 0 aliphatic heterocycles. The molecule has 1 atom stereocenters. The predicted molar refractivity (Wildman–Crippen MR) is 111 cm³/mol. The summed E-state index contributed by atoms with van der Waals surface area (Å²) in [6.07, 6.45) is 0.725. The van der Waals surface area contributed by atoms with Crippen LogP contribution in [0.3, 0.4) is 0 Å². The topological polar surface area (TPSA) is 99.9 Å². The first-order valence-electron chi connectivity index (χ1n) is 9.36. The number of carbonyl (C=O) groups excluding carboxylic acids is 1. The van der Waals surface area contributed by atoms with Crippen molar-refractivity contribution in [2.75, 3.05) is 39.7 Å². The van der Waals surface area contributed by atoms with Gasteiger partial charge in [0.2, 0.25) is 11.8 Å². The van der Waals surface area contributed by atoms with E-state index in [2.05, 4.69) is 10.3 Å². The van der Waals surface area contributed by atoms with Crippen LogP contribution >= 0.6 is 0 Å². The van der Waals surface area contributed by atoms with Crippen molar-refractivity contribution in [1.29, 1.82) is 0 Å². The molecule has 29 heavy (non-hydrogen) atoms. The van der Waals surface area contributed by atoms with Crippen molar-refractivity contribution in [3.05, 3.63) is 29.7 Å². The lowest BCUT2D eigenvalue weighted by Gasteiger charge is -2.07. The van der Waals surface area contributed by atoms with Gasteiger partial charge in [0.1, 0.15) is 11.5 Å². The number of methoxy groups -OCH3 is 2. The molecule has 0 spiro atoms. The van der Waals surface area contributed by atoms with Crippen molar-refractivity contribution < 1.29 is 27.6 Å². The second kappa shape index (κ2) is 11.6. The van der Waals surface area contributed by atoms with Crippen molar-refractivity contribution >= 4 is 16.7 Å². The molecule has 1 aromatic carbocycles. The number of hydrogen-bond donors (Lipinski definition) is 1. The van der Waals surface area contributed by atoms with Gasteiger partial charge in [-0.05, 0) is 38.5 Å². The van der Waals surface area contributed by atoms with Crippen molar-refractivity contribution in [2.24, 2.45) is 0 Å². The van der Waals surface area contributed by atoms with Gasteiger partial charge in [0.25, 0.3) is 0 Å². The molecule has 1 amide bonds. The zero-order valence-electron chi connectivity index (χ0n) is 17.3. The molecule has 9 heteroatoms. The summed E-state index contributed by atoms with van der Waals surface area (Å²) in [7, 11) is 1.73. The molecule has 0 saturated carbocycles. The Morgan fingerprint density at radius 1 is 1.24 bits per heavy atom. The predicted octanol–water partition coefficient (Wildman–Crippen LogP) is 2.46. The first-order chi connectivity index (χ1) is 14.0. The number of oxazole rings is 1. The van der Waals surface area contributed by atoms with Crippen LogP contribution < -0.4 is 14.8 Å². The smallest absolute Gasteiger partial charge is 0.232 e. The van der Waals surface area contributed by atoms with Gasteiger partial charge in [0.15, 0.2) is 11.5 Å². The van der Waals surface area contributed by atoms with Crippen LogP contribution in [0.25, 0.3) is 11.5 Å². The molecule has 0 aliphatic rings. The van der Waals surface area contributed by atoms with Crippen LogP contribution in [0.4, 0.5) is 0 Å². The van der Waals surface area contributed by atoms with Crippen LogP contribution in [-0.2, 0) is 26.1 Å². The second-order valence-electron chi connectivity index (χ2n) is 6.22. The lowest BCUT2D eigenvalue weighted by molar-refractivity contribution is -0.118. The summed E-state index contributed by atoms with van der Waals surface area (Å²) >= 11 is 0. The fourth-order valence-electron chi connectivity index (χ4n) is 2.60. The van der Waals surface area contributed by atoms with Crippen LogP contribution in [0.1, 0.15) is 24.8 Å². The van der Waals surface area contributed by atoms with Gasteiger partial charge in [-0.2, -0.15) is 0 Å². The highest BCUT2D eigenvalue weighted by atomic mass is 32.2. The van der Waals surface area contributed by atoms with E-state index in [0.717, 1.165) is 12.0 Å². The molecule has 2 rings (SSSR count). The summed E-state index contributed by atoms with van der Waals surface area (Å²) in [5.74, 6) is 1.96. The number of aromatic nitrogens is 1. The Balaban J connectivity index is 1.95. The van der Waals surface area contributed by atoms with Crippen LogP contribution in [0, 0.1) is 6.92 Å². The summed E-state index contributed by atoms with van der Waals surface area (Å²) in [6.45, 7) is 5.43. The Labute approximate surface area is 173 Å². The second-order valence-corrected chi connectivity index (χ2v) is 7.68. The van der Waals surface area contributed by atoms with E-state index in [-0.39, 0.29) is 17.4 Å². The normalized spacial score (nSPS) is 11.9. The molecule has 2 aromatic rings. The number of carbonyl (C=O) groups is 1. The Hall–Kier alpha value is -2.39. The molecular weight excluding hydrogens is 396 g/mol. The molecule has 1 heterocycles. The fourth-order valence-corrected chi connectivity index (χ4v) is 3.67. The summed E-state index contributed by atoms with van der Waals surface area (Å²) in [5, 5.41) is 2.75. The summed E-state index contributed by atoms with van der Waals surface area (Å²) < 4.78 is 33.8. The first kappa shape index (κ1) is 22.9. The van der Waals surface area contributed by atoms with Gasteiger partial charge in [-0.15, -0.1) is 0 Å². The average molecular weight is 425 g/mol. The Bertz CT molecular complexity index is 836. The molecule has 0 fully saturated rings. The van der Waals surface area contributed by atoms with Crippen molar-refractivity contribution in [3.63, 3.8) is 0 Å². The minimum absolute atomic E-state index is 0.0768. The zero-order chi connectivity index (χ0) is 21.2. The fraction of sp³-hybridized carbons (Fsp3) is 0.500. The number of hydrogen-bond acceptors (Lipinski definition) is 7. The minimum Gasteiger partial charge on any atom is -0.493 e. The average Bonchev–Trinajstić information content (AvgIpc) is 3.07. The maximum absolute atomic E-state index is 12.3. The lowest BCUT2D eigenvalue weighted by Crippen LogP contribution is -2.30.